The third-order valence-corrected chi connectivity index (χ3v) is 5.27. The number of carbonyl (C=O) groups excluding carboxylic acids is 1. The van der Waals surface area contributed by atoms with Crippen LogP contribution in [-0.4, -0.2) is 57.0 Å². The molecule has 0 bridgehead atoms. The molecule has 31 heavy (non-hydrogen) atoms. The second kappa shape index (κ2) is 14.5. The van der Waals surface area contributed by atoms with E-state index >= 15 is 0 Å². The van der Waals surface area contributed by atoms with Gasteiger partial charge in [0.1, 0.15) is 11.5 Å². The first-order valence-electron chi connectivity index (χ1n) is 11.0. The van der Waals surface area contributed by atoms with Crippen LogP contribution in [0.1, 0.15) is 59.8 Å². The van der Waals surface area contributed by atoms with E-state index in [1.54, 1.807) is 20.2 Å². The molecule has 1 aliphatic heterocycles. The molecule has 0 radical (unpaired) electrons. The first kappa shape index (κ1) is 26.5. The van der Waals surface area contributed by atoms with Crippen LogP contribution in [0.5, 0.6) is 0 Å². The molecule has 174 valence electrons. The molecule has 0 N–H and O–H groups in total. The highest BCUT2D eigenvalue weighted by Crippen LogP contribution is 2.19. The van der Waals surface area contributed by atoms with Crippen molar-refractivity contribution in [3.63, 3.8) is 0 Å². The van der Waals surface area contributed by atoms with E-state index in [1.165, 1.54) is 0 Å². The van der Waals surface area contributed by atoms with E-state index in [-0.39, 0.29) is 11.9 Å². The van der Waals surface area contributed by atoms with Crippen LogP contribution in [0.15, 0.2) is 52.1 Å². The SMILES string of the molecule is C=C(/C=C\CC(OCCCO/C(C)=C(/C)OC)=C(C)C)C(=O)N1CCCCC1C=NC. The minimum absolute atomic E-state index is 0.0209. The number of piperidine rings is 1. The predicted molar refractivity (Wildman–Crippen MR) is 127 cm³/mol. The molecule has 0 saturated carbocycles. The summed E-state index contributed by atoms with van der Waals surface area (Å²) in [6.45, 7) is 13.7. The second-order valence-electron chi connectivity index (χ2n) is 7.89. The Hall–Kier alpha value is -2.50. The highest BCUT2D eigenvalue weighted by atomic mass is 16.5. The third kappa shape index (κ3) is 9.45. The van der Waals surface area contributed by atoms with Gasteiger partial charge in [-0.1, -0.05) is 18.7 Å². The Morgan fingerprint density at radius 3 is 2.48 bits per heavy atom. The summed E-state index contributed by atoms with van der Waals surface area (Å²) in [7, 11) is 3.38. The Balaban J connectivity index is 2.50. The summed E-state index contributed by atoms with van der Waals surface area (Å²) in [6.07, 6.45) is 10.1. The molecule has 0 aliphatic carbocycles. The van der Waals surface area contributed by atoms with Gasteiger partial charge in [-0.05, 0) is 52.5 Å². The standard InChI is InChI=1S/C25H40N2O4/c1-19(2)24(31-17-11-16-30-22(5)21(4)29-7)14-10-12-20(3)25(28)27-15-9-8-13-23(27)18-26-6/h10,12,18,23H,3,8-9,11,13-17H2,1-2,4-7H3/b12-10-,22-21-,26-18?. The van der Waals surface area contributed by atoms with E-state index in [1.807, 2.05) is 44.9 Å². The van der Waals surface area contributed by atoms with Crippen molar-refractivity contribution in [2.24, 2.45) is 4.99 Å². The Kier molecular flexibility index (Phi) is 12.4. The highest BCUT2D eigenvalue weighted by Gasteiger charge is 2.25. The van der Waals surface area contributed by atoms with Gasteiger partial charge < -0.3 is 19.1 Å². The second-order valence-corrected chi connectivity index (χ2v) is 7.89. The Bertz CT molecular complexity index is 715. The van der Waals surface area contributed by atoms with Crippen LogP contribution in [0, 0.1) is 0 Å². The third-order valence-electron chi connectivity index (χ3n) is 5.27. The number of hydrogen-bond donors (Lipinski definition) is 0. The highest BCUT2D eigenvalue weighted by molar-refractivity contribution is 5.97. The van der Waals surface area contributed by atoms with Crippen molar-refractivity contribution in [2.75, 3.05) is 33.9 Å². The number of hydrogen-bond acceptors (Lipinski definition) is 5. The van der Waals surface area contributed by atoms with E-state index in [4.69, 9.17) is 14.2 Å². The number of likely N-dealkylation sites (tertiary alicyclic amines) is 1. The van der Waals surface area contributed by atoms with E-state index in [2.05, 4.69) is 11.6 Å². The lowest BCUT2D eigenvalue weighted by atomic mass is 10.0. The maximum absolute atomic E-state index is 12.8. The molecule has 6 heteroatoms. The molecule has 6 nitrogen and oxygen atoms in total. The van der Waals surface area contributed by atoms with E-state index in [0.29, 0.717) is 25.2 Å². The van der Waals surface area contributed by atoms with Crippen LogP contribution in [0.3, 0.4) is 0 Å². The number of ether oxygens (including phenoxy) is 3. The van der Waals surface area contributed by atoms with Crippen LogP contribution < -0.4 is 0 Å². The first-order valence-corrected chi connectivity index (χ1v) is 11.0. The lowest BCUT2D eigenvalue weighted by Gasteiger charge is -2.33. The van der Waals surface area contributed by atoms with E-state index < -0.39 is 0 Å². The number of methoxy groups -OCH3 is 1. The van der Waals surface area contributed by atoms with Gasteiger partial charge in [-0.3, -0.25) is 9.79 Å². The van der Waals surface area contributed by atoms with Gasteiger partial charge in [-0.25, -0.2) is 0 Å². The summed E-state index contributed by atoms with van der Waals surface area (Å²) in [6, 6.07) is 0.0708. The van der Waals surface area contributed by atoms with Gasteiger partial charge in [0.15, 0.2) is 0 Å². The fraction of sp³-hybridized carbons (Fsp3) is 0.600. The van der Waals surface area contributed by atoms with E-state index in [9.17, 15) is 4.79 Å². The molecule has 0 aromatic rings. The monoisotopic (exact) mass is 432 g/mol. The number of rotatable bonds is 12. The van der Waals surface area contributed by atoms with E-state index in [0.717, 1.165) is 55.1 Å². The Morgan fingerprint density at radius 2 is 1.84 bits per heavy atom. The van der Waals surface area contributed by atoms with Crippen molar-refractivity contribution in [1.82, 2.24) is 4.90 Å². The zero-order chi connectivity index (χ0) is 23.2. The minimum atomic E-state index is -0.0209. The van der Waals surface area contributed by atoms with Gasteiger partial charge in [-0.2, -0.15) is 0 Å². The molecular formula is C25H40N2O4. The van der Waals surface area contributed by atoms with Crippen molar-refractivity contribution in [1.29, 1.82) is 0 Å². The molecule has 1 atom stereocenters. The molecule has 1 fully saturated rings. The zero-order valence-electron chi connectivity index (χ0n) is 20.2. The largest absolute Gasteiger partial charge is 0.498 e. The predicted octanol–water partition coefficient (Wildman–Crippen LogP) is 5.19. The minimum Gasteiger partial charge on any atom is -0.498 e. The van der Waals surface area contributed by atoms with Crippen LogP contribution in [0.25, 0.3) is 0 Å². The Morgan fingerprint density at radius 1 is 1.13 bits per heavy atom. The fourth-order valence-corrected chi connectivity index (χ4v) is 3.23. The molecule has 1 rings (SSSR count). The topological polar surface area (TPSA) is 60.4 Å². The number of nitrogens with zero attached hydrogens (tertiary/aromatic N) is 2. The number of aliphatic imine (C=N–C) groups is 1. The zero-order valence-corrected chi connectivity index (χ0v) is 20.2. The van der Waals surface area contributed by atoms with Gasteiger partial charge in [-0.15, -0.1) is 0 Å². The van der Waals surface area contributed by atoms with Crippen LogP contribution in [-0.2, 0) is 19.0 Å². The molecular weight excluding hydrogens is 392 g/mol. The van der Waals surface area contributed by atoms with Crippen molar-refractivity contribution in [3.8, 4) is 0 Å². The summed E-state index contributed by atoms with van der Waals surface area (Å²) in [4.78, 5) is 18.8. The quantitative estimate of drug-likeness (QED) is 0.140. The van der Waals surface area contributed by atoms with Crippen molar-refractivity contribution in [2.45, 2.75) is 65.8 Å². The van der Waals surface area contributed by atoms with Gasteiger partial charge in [0.25, 0.3) is 5.91 Å². The van der Waals surface area contributed by atoms with Crippen LogP contribution >= 0.6 is 0 Å². The van der Waals surface area contributed by atoms with Crippen LogP contribution in [0.2, 0.25) is 0 Å². The van der Waals surface area contributed by atoms with Crippen molar-refractivity contribution < 1.29 is 19.0 Å². The van der Waals surface area contributed by atoms with Gasteiger partial charge in [0.2, 0.25) is 0 Å². The fourth-order valence-electron chi connectivity index (χ4n) is 3.23. The number of amides is 1. The van der Waals surface area contributed by atoms with Gasteiger partial charge >= 0.3 is 0 Å². The normalized spacial score (nSPS) is 17.5. The van der Waals surface area contributed by atoms with Gasteiger partial charge in [0, 0.05) is 38.2 Å². The summed E-state index contributed by atoms with van der Waals surface area (Å²) in [5.41, 5.74) is 1.61. The number of allylic oxidation sites excluding steroid dienone is 4. The van der Waals surface area contributed by atoms with Gasteiger partial charge in [0.05, 0.1) is 32.1 Å². The molecule has 1 aliphatic rings. The average Bonchev–Trinajstić information content (AvgIpc) is 2.76. The maximum Gasteiger partial charge on any atom is 0.253 e. The molecule has 1 amide bonds. The lowest BCUT2D eigenvalue weighted by molar-refractivity contribution is -0.128. The molecule has 1 unspecified atom stereocenters. The molecule has 0 aromatic heterocycles. The molecule has 0 aromatic carbocycles. The van der Waals surface area contributed by atoms with Crippen molar-refractivity contribution >= 4 is 12.1 Å². The maximum atomic E-state index is 12.8. The average molecular weight is 433 g/mol. The van der Waals surface area contributed by atoms with Crippen LogP contribution in [0.4, 0.5) is 0 Å². The Labute approximate surface area is 188 Å². The number of carbonyl (C=O) groups is 1. The molecule has 1 saturated heterocycles. The first-order chi connectivity index (χ1) is 14.8. The summed E-state index contributed by atoms with van der Waals surface area (Å²) >= 11 is 0. The molecule has 1 heterocycles. The van der Waals surface area contributed by atoms with Crippen molar-refractivity contribution in [3.05, 3.63) is 47.2 Å². The summed E-state index contributed by atoms with van der Waals surface area (Å²) < 4.78 is 16.7. The summed E-state index contributed by atoms with van der Waals surface area (Å²) in [5.74, 6) is 2.46. The molecule has 0 spiro atoms. The smallest absolute Gasteiger partial charge is 0.253 e. The summed E-state index contributed by atoms with van der Waals surface area (Å²) in [5, 5.41) is 0. The lowest BCUT2D eigenvalue weighted by Crippen LogP contribution is -2.45.